The number of hydrogen-bond acceptors (Lipinski definition) is 2. The average Bonchev–Trinajstić information content (AvgIpc) is 2.38. The molecule has 3 heteroatoms. The second kappa shape index (κ2) is 5.87. The van der Waals surface area contributed by atoms with Crippen molar-refractivity contribution in [2.45, 2.75) is 27.4 Å². The number of Topliss-reactive ketones (excluding diaryl/α,β-unsaturated/α-hetero) is 1. The summed E-state index contributed by atoms with van der Waals surface area (Å²) in [6.45, 7) is 5.68. The maximum atomic E-state index is 13.0. The standard InChI is InChI=1S/C17H17FO2/c1-11-9-16(18)6-4-15(11)10-20-17-7-5-14(13(3)19)8-12(17)2/h4-9H,10H2,1-3H3. The molecule has 0 aliphatic heterocycles. The van der Waals surface area contributed by atoms with E-state index in [9.17, 15) is 9.18 Å². The van der Waals surface area contributed by atoms with Gasteiger partial charge in [-0.05, 0) is 67.8 Å². The molecule has 0 atom stereocenters. The lowest BCUT2D eigenvalue weighted by molar-refractivity contribution is 0.101. The number of ketones is 1. The van der Waals surface area contributed by atoms with E-state index >= 15 is 0 Å². The highest BCUT2D eigenvalue weighted by molar-refractivity contribution is 5.94. The number of hydrogen-bond donors (Lipinski definition) is 0. The molecule has 2 aromatic carbocycles. The molecule has 0 aliphatic carbocycles. The predicted octanol–water partition coefficient (Wildman–Crippen LogP) is 4.22. The third-order valence-electron chi connectivity index (χ3n) is 3.27. The molecule has 2 nitrogen and oxygen atoms in total. The van der Waals surface area contributed by atoms with Crippen LogP contribution >= 0.6 is 0 Å². The second-order valence-corrected chi connectivity index (χ2v) is 4.90. The van der Waals surface area contributed by atoms with Gasteiger partial charge in [-0.25, -0.2) is 4.39 Å². The first-order valence-electron chi connectivity index (χ1n) is 6.47. The van der Waals surface area contributed by atoms with E-state index in [0.717, 1.165) is 22.4 Å². The van der Waals surface area contributed by atoms with Crippen LogP contribution in [0.3, 0.4) is 0 Å². The molecule has 0 aliphatic rings. The molecule has 0 radical (unpaired) electrons. The summed E-state index contributed by atoms with van der Waals surface area (Å²) in [6.07, 6.45) is 0. The molecule has 0 heterocycles. The van der Waals surface area contributed by atoms with Gasteiger partial charge in [0, 0.05) is 5.56 Å². The third kappa shape index (κ3) is 3.23. The van der Waals surface area contributed by atoms with Crippen molar-refractivity contribution < 1.29 is 13.9 Å². The molecular weight excluding hydrogens is 255 g/mol. The van der Waals surface area contributed by atoms with Crippen molar-refractivity contribution in [3.05, 3.63) is 64.5 Å². The van der Waals surface area contributed by atoms with Gasteiger partial charge in [0.15, 0.2) is 5.78 Å². The summed E-state index contributed by atoms with van der Waals surface area (Å²) in [5, 5.41) is 0. The summed E-state index contributed by atoms with van der Waals surface area (Å²) < 4.78 is 18.8. The Morgan fingerprint density at radius 3 is 2.45 bits per heavy atom. The monoisotopic (exact) mass is 272 g/mol. The van der Waals surface area contributed by atoms with Crippen LogP contribution in [0.5, 0.6) is 5.75 Å². The van der Waals surface area contributed by atoms with Crippen LogP contribution in [-0.4, -0.2) is 5.78 Å². The van der Waals surface area contributed by atoms with Gasteiger partial charge in [0.25, 0.3) is 0 Å². The fourth-order valence-corrected chi connectivity index (χ4v) is 2.01. The Balaban J connectivity index is 2.13. The Labute approximate surface area is 118 Å². The molecular formula is C17H17FO2. The SMILES string of the molecule is CC(=O)c1ccc(OCc2ccc(F)cc2C)c(C)c1. The fraction of sp³-hybridized carbons (Fsp3) is 0.235. The minimum Gasteiger partial charge on any atom is -0.489 e. The van der Waals surface area contributed by atoms with Gasteiger partial charge in [0.1, 0.15) is 18.2 Å². The van der Waals surface area contributed by atoms with Crippen LogP contribution in [0.2, 0.25) is 0 Å². The molecule has 0 unspecified atom stereocenters. The lowest BCUT2D eigenvalue weighted by Gasteiger charge is -2.11. The molecule has 0 N–H and O–H groups in total. The maximum absolute atomic E-state index is 13.0. The van der Waals surface area contributed by atoms with Crippen molar-refractivity contribution in [1.29, 1.82) is 0 Å². The highest BCUT2D eigenvalue weighted by Crippen LogP contribution is 2.21. The summed E-state index contributed by atoms with van der Waals surface area (Å²) in [6, 6.07) is 10.0. The fourth-order valence-electron chi connectivity index (χ4n) is 2.01. The van der Waals surface area contributed by atoms with Crippen LogP contribution in [0.25, 0.3) is 0 Å². The van der Waals surface area contributed by atoms with Crippen LogP contribution in [0.4, 0.5) is 4.39 Å². The molecule has 104 valence electrons. The number of halogens is 1. The van der Waals surface area contributed by atoms with E-state index in [1.54, 1.807) is 18.2 Å². The minimum atomic E-state index is -0.242. The number of carbonyl (C=O) groups excluding carboxylic acids is 1. The summed E-state index contributed by atoms with van der Waals surface area (Å²) in [5.74, 6) is 0.529. The zero-order valence-electron chi connectivity index (χ0n) is 11.9. The third-order valence-corrected chi connectivity index (χ3v) is 3.27. The molecule has 0 saturated carbocycles. The van der Waals surface area contributed by atoms with Gasteiger partial charge in [-0.2, -0.15) is 0 Å². The van der Waals surface area contributed by atoms with Crippen molar-refractivity contribution in [2.75, 3.05) is 0 Å². The Morgan fingerprint density at radius 1 is 1.10 bits per heavy atom. The first-order chi connectivity index (χ1) is 9.47. The van der Waals surface area contributed by atoms with Crippen molar-refractivity contribution >= 4 is 5.78 Å². The second-order valence-electron chi connectivity index (χ2n) is 4.90. The quantitative estimate of drug-likeness (QED) is 0.779. The number of aryl methyl sites for hydroxylation is 2. The largest absolute Gasteiger partial charge is 0.489 e. The van der Waals surface area contributed by atoms with E-state index in [0.29, 0.717) is 12.2 Å². The van der Waals surface area contributed by atoms with Crippen LogP contribution in [-0.2, 0) is 6.61 Å². The van der Waals surface area contributed by atoms with Gasteiger partial charge in [-0.1, -0.05) is 6.07 Å². The van der Waals surface area contributed by atoms with Crippen molar-refractivity contribution in [1.82, 2.24) is 0 Å². The Morgan fingerprint density at radius 2 is 1.85 bits per heavy atom. The lowest BCUT2D eigenvalue weighted by Crippen LogP contribution is -2.01. The van der Waals surface area contributed by atoms with E-state index in [1.165, 1.54) is 19.1 Å². The average molecular weight is 272 g/mol. The van der Waals surface area contributed by atoms with Crippen LogP contribution in [0, 0.1) is 19.7 Å². The summed E-state index contributed by atoms with van der Waals surface area (Å²) in [7, 11) is 0. The zero-order chi connectivity index (χ0) is 14.7. The van der Waals surface area contributed by atoms with E-state index in [4.69, 9.17) is 4.74 Å². The van der Waals surface area contributed by atoms with Gasteiger partial charge in [-0.15, -0.1) is 0 Å². The smallest absolute Gasteiger partial charge is 0.159 e. The number of ether oxygens (including phenoxy) is 1. The van der Waals surface area contributed by atoms with Crippen molar-refractivity contribution in [3.8, 4) is 5.75 Å². The van der Waals surface area contributed by atoms with Crippen LogP contribution < -0.4 is 4.74 Å². The van der Waals surface area contributed by atoms with Crippen LogP contribution in [0.1, 0.15) is 34.0 Å². The Kier molecular flexibility index (Phi) is 4.18. The predicted molar refractivity (Wildman–Crippen MR) is 76.7 cm³/mol. The summed E-state index contributed by atoms with van der Waals surface area (Å²) >= 11 is 0. The molecule has 0 aromatic heterocycles. The van der Waals surface area contributed by atoms with Crippen molar-refractivity contribution in [2.24, 2.45) is 0 Å². The van der Waals surface area contributed by atoms with Crippen molar-refractivity contribution in [3.63, 3.8) is 0 Å². The zero-order valence-corrected chi connectivity index (χ0v) is 11.9. The van der Waals surface area contributed by atoms with Gasteiger partial charge < -0.3 is 4.74 Å². The summed E-state index contributed by atoms with van der Waals surface area (Å²) in [5.41, 5.74) is 3.40. The normalized spacial score (nSPS) is 10.4. The van der Waals surface area contributed by atoms with Gasteiger partial charge in [0.05, 0.1) is 0 Å². The topological polar surface area (TPSA) is 26.3 Å². The van der Waals surface area contributed by atoms with Crippen LogP contribution in [0.15, 0.2) is 36.4 Å². The van der Waals surface area contributed by atoms with Gasteiger partial charge >= 0.3 is 0 Å². The molecule has 0 spiro atoms. The minimum absolute atomic E-state index is 0.0361. The van der Waals surface area contributed by atoms with E-state index < -0.39 is 0 Å². The van der Waals surface area contributed by atoms with E-state index in [2.05, 4.69) is 0 Å². The van der Waals surface area contributed by atoms with E-state index in [1.807, 2.05) is 19.9 Å². The van der Waals surface area contributed by atoms with E-state index in [-0.39, 0.29) is 11.6 Å². The molecule has 0 saturated heterocycles. The first kappa shape index (κ1) is 14.3. The molecule has 2 rings (SSSR count). The Hall–Kier alpha value is -2.16. The van der Waals surface area contributed by atoms with Gasteiger partial charge in [-0.3, -0.25) is 4.79 Å². The highest BCUT2D eigenvalue weighted by Gasteiger charge is 2.06. The molecule has 0 fully saturated rings. The summed E-state index contributed by atoms with van der Waals surface area (Å²) in [4.78, 5) is 11.3. The maximum Gasteiger partial charge on any atom is 0.159 e. The molecule has 0 bridgehead atoms. The lowest BCUT2D eigenvalue weighted by atomic mass is 10.1. The number of rotatable bonds is 4. The molecule has 2 aromatic rings. The van der Waals surface area contributed by atoms with Gasteiger partial charge in [0.2, 0.25) is 0 Å². The number of carbonyl (C=O) groups is 1. The highest BCUT2D eigenvalue weighted by atomic mass is 19.1. The number of benzene rings is 2. The molecule has 0 amide bonds. The first-order valence-corrected chi connectivity index (χ1v) is 6.47. The molecule has 20 heavy (non-hydrogen) atoms. The Bertz CT molecular complexity index is 647.